The first kappa shape index (κ1) is 24.1. The van der Waals surface area contributed by atoms with Gasteiger partial charge in [-0.25, -0.2) is 4.98 Å². The van der Waals surface area contributed by atoms with Crippen LogP contribution in [0.2, 0.25) is 0 Å². The van der Waals surface area contributed by atoms with Crippen LogP contribution in [0.3, 0.4) is 0 Å². The van der Waals surface area contributed by atoms with Gasteiger partial charge in [-0.1, -0.05) is 90.6 Å². The van der Waals surface area contributed by atoms with Crippen LogP contribution in [0.5, 0.6) is 0 Å². The number of amides is 1. The summed E-state index contributed by atoms with van der Waals surface area (Å²) in [5.41, 5.74) is 4.61. The molecule has 4 aromatic rings. The van der Waals surface area contributed by atoms with Gasteiger partial charge in [0.25, 0.3) is 0 Å². The highest BCUT2D eigenvalue weighted by molar-refractivity contribution is 7.99. The Morgan fingerprint density at radius 3 is 2.06 bits per heavy atom. The predicted octanol–water partition coefficient (Wildman–Crippen LogP) is 6.68. The molecule has 34 heavy (non-hydrogen) atoms. The van der Waals surface area contributed by atoms with E-state index in [2.05, 4.69) is 46.3 Å². The van der Waals surface area contributed by atoms with Gasteiger partial charge in [-0.2, -0.15) is 0 Å². The van der Waals surface area contributed by atoms with Crippen LogP contribution in [0.15, 0.2) is 96.2 Å². The molecule has 3 aromatic carbocycles. The molecule has 0 aliphatic rings. The Morgan fingerprint density at radius 2 is 1.47 bits per heavy atom. The van der Waals surface area contributed by atoms with Gasteiger partial charge in [-0.05, 0) is 26.0 Å². The van der Waals surface area contributed by atoms with Crippen molar-refractivity contribution in [2.75, 3.05) is 18.2 Å². The van der Waals surface area contributed by atoms with Crippen molar-refractivity contribution in [3.8, 4) is 28.2 Å². The van der Waals surface area contributed by atoms with E-state index in [1.165, 1.54) is 0 Å². The third-order valence-corrected chi connectivity index (χ3v) is 7.13. The normalized spacial score (nSPS) is 11.4. The van der Waals surface area contributed by atoms with E-state index < -0.39 is 5.41 Å². The molecule has 6 heteroatoms. The number of hydrogen-bond acceptors (Lipinski definition) is 3. The number of imidazole rings is 1. The lowest BCUT2D eigenvalue weighted by Gasteiger charge is -2.20. The van der Waals surface area contributed by atoms with E-state index in [4.69, 9.17) is 16.6 Å². The van der Waals surface area contributed by atoms with Gasteiger partial charge in [0, 0.05) is 35.0 Å². The minimum absolute atomic E-state index is 0.0375. The number of aromatic nitrogens is 2. The minimum Gasteiger partial charge on any atom is -0.355 e. The molecule has 174 valence electrons. The molecule has 0 spiro atoms. The highest BCUT2D eigenvalue weighted by atomic mass is 35.5. The van der Waals surface area contributed by atoms with Crippen LogP contribution in [-0.2, 0) is 4.79 Å². The molecule has 0 unspecified atom stereocenters. The molecule has 0 aliphatic heterocycles. The average Bonchev–Trinajstić information content (AvgIpc) is 3.27. The minimum atomic E-state index is -0.588. The zero-order chi connectivity index (χ0) is 24.0. The molecule has 0 saturated carbocycles. The largest absolute Gasteiger partial charge is 0.355 e. The monoisotopic (exact) mass is 489 g/mol. The first-order chi connectivity index (χ1) is 16.5. The lowest BCUT2D eigenvalue weighted by Crippen LogP contribution is -2.39. The van der Waals surface area contributed by atoms with E-state index in [-0.39, 0.29) is 11.8 Å². The van der Waals surface area contributed by atoms with Crippen molar-refractivity contribution in [2.45, 2.75) is 19.0 Å². The first-order valence-electron chi connectivity index (χ1n) is 11.3. The predicted molar refractivity (Wildman–Crippen MR) is 143 cm³/mol. The summed E-state index contributed by atoms with van der Waals surface area (Å²) in [6, 6.07) is 30.9. The Balaban J connectivity index is 1.73. The number of alkyl halides is 1. The summed E-state index contributed by atoms with van der Waals surface area (Å²) in [6.45, 7) is 4.23. The summed E-state index contributed by atoms with van der Waals surface area (Å²) in [5.74, 6) is 0.936. The summed E-state index contributed by atoms with van der Waals surface area (Å²) in [5, 5.41) is 3.89. The molecule has 0 bridgehead atoms. The number of hydrogen-bond donors (Lipinski definition) is 1. The van der Waals surface area contributed by atoms with Crippen molar-refractivity contribution in [3.63, 3.8) is 0 Å². The third kappa shape index (κ3) is 5.37. The van der Waals surface area contributed by atoms with Gasteiger partial charge >= 0.3 is 0 Å². The Bertz CT molecular complexity index is 1220. The van der Waals surface area contributed by atoms with E-state index >= 15 is 0 Å². The van der Waals surface area contributed by atoms with Crippen LogP contribution in [0, 0.1) is 5.41 Å². The van der Waals surface area contributed by atoms with Crippen molar-refractivity contribution in [2.24, 2.45) is 5.41 Å². The fourth-order valence-electron chi connectivity index (χ4n) is 3.58. The highest BCUT2D eigenvalue weighted by Crippen LogP contribution is 2.38. The van der Waals surface area contributed by atoms with Gasteiger partial charge in [0.05, 0.1) is 16.8 Å². The zero-order valence-corrected chi connectivity index (χ0v) is 20.9. The number of nitrogens with one attached hydrogen (secondary N) is 1. The molecule has 1 amide bonds. The Labute approximate surface area is 210 Å². The number of thioether (sulfide) groups is 1. The lowest BCUT2D eigenvalue weighted by molar-refractivity contribution is -0.128. The number of para-hydroxylation sites is 1. The smallest absolute Gasteiger partial charge is 0.226 e. The molecule has 0 atom stereocenters. The molecule has 1 heterocycles. The molecular weight excluding hydrogens is 462 g/mol. The van der Waals surface area contributed by atoms with E-state index in [9.17, 15) is 4.79 Å². The Morgan fingerprint density at radius 1 is 0.912 bits per heavy atom. The van der Waals surface area contributed by atoms with Crippen molar-refractivity contribution < 1.29 is 4.79 Å². The maximum Gasteiger partial charge on any atom is 0.226 e. The standard InChI is InChI=1S/C28H28ClN3OS/c1-28(2,20-29)26(33)30-18-19-34-27-31-24(21-12-6-3-7-13-21)25(22-14-8-4-9-15-22)32(27)23-16-10-5-11-17-23/h3-17H,18-20H2,1-2H3,(H,30,33). The topological polar surface area (TPSA) is 46.9 Å². The Hall–Kier alpha value is -3.02. The number of benzene rings is 3. The second kappa shape index (κ2) is 10.9. The van der Waals surface area contributed by atoms with Gasteiger partial charge in [-0.15, -0.1) is 11.6 Å². The first-order valence-corrected chi connectivity index (χ1v) is 12.8. The second-order valence-electron chi connectivity index (χ2n) is 8.62. The van der Waals surface area contributed by atoms with Gasteiger partial charge in [0.2, 0.25) is 5.91 Å². The molecule has 4 nitrogen and oxygen atoms in total. The van der Waals surface area contributed by atoms with Crippen LogP contribution in [-0.4, -0.2) is 33.6 Å². The van der Waals surface area contributed by atoms with Crippen molar-refractivity contribution in [1.29, 1.82) is 0 Å². The fraction of sp³-hybridized carbons (Fsp3) is 0.214. The summed E-state index contributed by atoms with van der Waals surface area (Å²) in [7, 11) is 0. The van der Waals surface area contributed by atoms with E-state index in [1.807, 2.05) is 68.4 Å². The molecule has 1 aromatic heterocycles. The molecule has 0 saturated heterocycles. The lowest BCUT2D eigenvalue weighted by atomic mass is 9.95. The van der Waals surface area contributed by atoms with Gasteiger partial charge in [0.15, 0.2) is 5.16 Å². The van der Waals surface area contributed by atoms with Crippen LogP contribution in [0.25, 0.3) is 28.2 Å². The molecule has 0 radical (unpaired) electrons. The second-order valence-corrected chi connectivity index (χ2v) is 9.95. The van der Waals surface area contributed by atoms with Crippen LogP contribution in [0.1, 0.15) is 13.8 Å². The van der Waals surface area contributed by atoms with Crippen LogP contribution < -0.4 is 5.32 Å². The number of halogens is 1. The van der Waals surface area contributed by atoms with Crippen molar-refractivity contribution in [3.05, 3.63) is 91.0 Å². The molecule has 0 aliphatic carbocycles. The molecule has 0 fully saturated rings. The zero-order valence-electron chi connectivity index (χ0n) is 19.4. The van der Waals surface area contributed by atoms with Crippen LogP contribution in [0.4, 0.5) is 0 Å². The maximum atomic E-state index is 12.4. The van der Waals surface area contributed by atoms with Gasteiger partial charge in [-0.3, -0.25) is 9.36 Å². The third-order valence-electron chi connectivity index (χ3n) is 5.52. The molecule has 1 N–H and O–H groups in total. The summed E-state index contributed by atoms with van der Waals surface area (Å²) >= 11 is 7.57. The van der Waals surface area contributed by atoms with E-state index in [0.717, 1.165) is 33.4 Å². The van der Waals surface area contributed by atoms with E-state index in [0.29, 0.717) is 12.3 Å². The maximum absolute atomic E-state index is 12.4. The Kier molecular flexibility index (Phi) is 7.76. The summed E-state index contributed by atoms with van der Waals surface area (Å²) in [6.07, 6.45) is 0. The quantitative estimate of drug-likeness (QED) is 0.162. The van der Waals surface area contributed by atoms with Gasteiger partial charge < -0.3 is 5.32 Å². The number of carbonyl (C=O) groups is 1. The molecular formula is C28H28ClN3OS. The number of carbonyl (C=O) groups excluding carboxylic acids is 1. The van der Waals surface area contributed by atoms with Crippen molar-refractivity contribution >= 4 is 29.3 Å². The number of rotatable bonds is 9. The summed E-state index contributed by atoms with van der Waals surface area (Å²) in [4.78, 5) is 17.5. The van der Waals surface area contributed by atoms with Crippen molar-refractivity contribution in [1.82, 2.24) is 14.9 Å². The average molecular weight is 490 g/mol. The van der Waals surface area contributed by atoms with Crippen LogP contribution >= 0.6 is 23.4 Å². The summed E-state index contributed by atoms with van der Waals surface area (Å²) < 4.78 is 2.22. The highest BCUT2D eigenvalue weighted by Gasteiger charge is 2.26. The van der Waals surface area contributed by atoms with Gasteiger partial charge in [0.1, 0.15) is 0 Å². The number of nitrogens with zero attached hydrogens (tertiary/aromatic N) is 2. The molecule has 4 rings (SSSR count). The van der Waals surface area contributed by atoms with E-state index in [1.54, 1.807) is 11.8 Å². The fourth-order valence-corrected chi connectivity index (χ4v) is 4.57. The SMILES string of the molecule is CC(C)(CCl)C(=O)NCCSc1nc(-c2ccccc2)c(-c2ccccc2)n1-c1ccccc1.